The van der Waals surface area contributed by atoms with Crippen LogP contribution in [0.25, 0.3) is 0 Å². The van der Waals surface area contributed by atoms with Crippen molar-refractivity contribution in [2.75, 3.05) is 24.9 Å². The van der Waals surface area contributed by atoms with E-state index in [0.29, 0.717) is 28.4 Å². The first-order valence-electron chi connectivity index (χ1n) is 10.7. The quantitative estimate of drug-likeness (QED) is 0.451. The van der Waals surface area contributed by atoms with E-state index in [1.165, 1.54) is 7.11 Å². The number of methoxy groups -OCH3 is 2. The van der Waals surface area contributed by atoms with Gasteiger partial charge in [0.2, 0.25) is 5.91 Å². The standard InChI is InChI=1S/C24H23BrN2O6/c1-31-13-6-7-16(17(9-13)32-2)27-22(28)11-4-3-5-12(8-11)26-23(29)18-14-10-15-19(18)24(30)33-21(15)20(14)25/h3-9,14-15,18-21H,10H2,1-2H3,(H,26,29)(H,27,28)/t14-,15-,18-,19-,20+,21+/m1/s1. The number of nitrogens with one attached hydrogen (secondary N) is 2. The Balaban J connectivity index is 1.30. The summed E-state index contributed by atoms with van der Waals surface area (Å²) in [7, 11) is 3.06. The first kappa shape index (κ1) is 21.8. The van der Waals surface area contributed by atoms with E-state index in [9.17, 15) is 14.4 Å². The van der Waals surface area contributed by atoms with Gasteiger partial charge in [0.1, 0.15) is 17.6 Å². The molecule has 172 valence electrons. The predicted octanol–water partition coefficient (Wildman–Crippen LogP) is 3.47. The largest absolute Gasteiger partial charge is 0.497 e. The Hall–Kier alpha value is -3.07. The van der Waals surface area contributed by atoms with Crippen molar-refractivity contribution in [3.05, 3.63) is 48.0 Å². The molecule has 0 unspecified atom stereocenters. The summed E-state index contributed by atoms with van der Waals surface area (Å²) in [6.07, 6.45) is 0.680. The van der Waals surface area contributed by atoms with Crippen molar-refractivity contribution in [1.82, 2.24) is 0 Å². The average Bonchev–Trinajstić information content (AvgIpc) is 3.43. The molecule has 3 aliphatic rings. The second-order valence-corrected chi connectivity index (χ2v) is 9.61. The van der Waals surface area contributed by atoms with Crippen LogP contribution in [0.2, 0.25) is 0 Å². The molecule has 2 aliphatic carbocycles. The highest BCUT2D eigenvalue weighted by atomic mass is 79.9. The van der Waals surface area contributed by atoms with E-state index in [1.54, 1.807) is 49.6 Å². The number of rotatable bonds is 6. The molecule has 1 aliphatic heterocycles. The Morgan fingerprint density at radius 1 is 1.06 bits per heavy atom. The summed E-state index contributed by atoms with van der Waals surface area (Å²) < 4.78 is 16.0. The number of amides is 2. The molecular weight excluding hydrogens is 492 g/mol. The number of anilines is 2. The lowest BCUT2D eigenvalue weighted by Gasteiger charge is -2.27. The highest BCUT2D eigenvalue weighted by Crippen LogP contribution is 2.60. The SMILES string of the molecule is COc1ccc(NC(=O)c2cccc(NC(=O)[C@@H]3[C@H]4C[C@H]5[C@H](OC(=O)[C@H]53)[C@H]4Br)c2)c(OC)c1. The van der Waals surface area contributed by atoms with Crippen LogP contribution in [0.5, 0.6) is 11.5 Å². The number of ether oxygens (including phenoxy) is 3. The number of esters is 1. The summed E-state index contributed by atoms with van der Waals surface area (Å²) >= 11 is 3.62. The molecule has 2 amide bonds. The third kappa shape index (κ3) is 3.64. The van der Waals surface area contributed by atoms with Crippen molar-refractivity contribution in [2.45, 2.75) is 17.4 Å². The zero-order valence-electron chi connectivity index (χ0n) is 18.0. The number of fused-ring (bicyclic) bond motifs is 1. The van der Waals surface area contributed by atoms with Crippen molar-refractivity contribution in [1.29, 1.82) is 0 Å². The van der Waals surface area contributed by atoms with Gasteiger partial charge in [0.05, 0.1) is 36.6 Å². The number of carbonyl (C=O) groups excluding carboxylic acids is 3. The van der Waals surface area contributed by atoms with Crippen LogP contribution in [0, 0.1) is 23.7 Å². The van der Waals surface area contributed by atoms with E-state index in [-0.39, 0.29) is 46.5 Å². The number of halogens is 1. The minimum absolute atomic E-state index is 0.00228. The fourth-order valence-corrected chi connectivity index (χ4v) is 6.44. The molecule has 5 rings (SSSR count). The van der Waals surface area contributed by atoms with Crippen molar-refractivity contribution in [3.8, 4) is 11.5 Å². The van der Waals surface area contributed by atoms with E-state index >= 15 is 0 Å². The lowest BCUT2D eigenvalue weighted by molar-refractivity contribution is -0.145. The number of carbonyl (C=O) groups is 3. The topological polar surface area (TPSA) is 103 Å². The normalized spacial score (nSPS) is 28.9. The summed E-state index contributed by atoms with van der Waals surface area (Å²) in [5, 5.41) is 5.72. The second kappa shape index (κ2) is 8.37. The van der Waals surface area contributed by atoms with Gasteiger partial charge in [-0.3, -0.25) is 14.4 Å². The van der Waals surface area contributed by atoms with Crippen LogP contribution in [0.3, 0.4) is 0 Å². The molecular formula is C24H23BrN2O6. The summed E-state index contributed by atoms with van der Waals surface area (Å²) in [5.74, 6) is -0.441. The van der Waals surface area contributed by atoms with Gasteiger partial charge < -0.3 is 24.8 Å². The highest BCUT2D eigenvalue weighted by Gasteiger charge is 2.67. The van der Waals surface area contributed by atoms with Gasteiger partial charge in [-0.15, -0.1) is 0 Å². The van der Waals surface area contributed by atoms with Crippen molar-refractivity contribution < 1.29 is 28.6 Å². The maximum atomic E-state index is 13.1. The molecule has 3 fully saturated rings. The highest BCUT2D eigenvalue weighted by molar-refractivity contribution is 9.09. The van der Waals surface area contributed by atoms with Crippen LogP contribution in [0.15, 0.2) is 42.5 Å². The molecule has 33 heavy (non-hydrogen) atoms. The Labute approximate surface area is 199 Å². The molecule has 2 bridgehead atoms. The van der Waals surface area contributed by atoms with E-state index in [1.807, 2.05) is 0 Å². The van der Waals surface area contributed by atoms with Crippen LogP contribution in [0.1, 0.15) is 16.8 Å². The van der Waals surface area contributed by atoms with Gasteiger partial charge in [0.15, 0.2) is 0 Å². The van der Waals surface area contributed by atoms with Gasteiger partial charge in [0, 0.05) is 23.2 Å². The molecule has 2 saturated carbocycles. The van der Waals surface area contributed by atoms with Crippen LogP contribution in [-0.2, 0) is 14.3 Å². The third-order valence-electron chi connectivity index (χ3n) is 6.87. The van der Waals surface area contributed by atoms with Gasteiger partial charge in [0.25, 0.3) is 5.91 Å². The summed E-state index contributed by atoms with van der Waals surface area (Å²) in [6.45, 7) is 0. The summed E-state index contributed by atoms with van der Waals surface area (Å²) in [4.78, 5) is 38.3. The lowest BCUT2D eigenvalue weighted by atomic mass is 9.79. The van der Waals surface area contributed by atoms with Crippen LogP contribution in [-0.4, -0.2) is 42.9 Å². The molecule has 2 aromatic rings. The van der Waals surface area contributed by atoms with Gasteiger partial charge in [-0.05, 0) is 42.7 Å². The Morgan fingerprint density at radius 2 is 1.88 bits per heavy atom. The predicted molar refractivity (Wildman–Crippen MR) is 124 cm³/mol. The molecule has 0 radical (unpaired) electrons. The smallest absolute Gasteiger partial charge is 0.310 e. The van der Waals surface area contributed by atoms with Gasteiger partial charge in [-0.2, -0.15) is 0 Å². The first-order chi connectivity index (χ1) is 15.9. The molecule has 9 heteroatoms. The number of hydrogen-bond acceptors (Lipinski definition) is 6. The Morgan fingerprint density at radius 3 is 2.64 bits per heavy atom. The maximum absolute atomic E-state index is 13.1. The van der Waals surface area contributed by atoms with Crippen molar-refractivity contribution >= 4 is 45.1 Å². The summed E-state index contributed by atoms with van der Waals surface area (Å²) in [6, 6.07) is 11.8. The minimum Gasteiger partial charge on any atom is -0.497 e. The number of hydrogen-bond donors (Lipinski definition) is 2. The van der Waals surface area contributed by atoms with Crippen LogP contribution < -0.4 is 20.1 Å². The molecule has 1 heterocycles. The van der Waals surface area contributed by atoms with E-state index in [2.05, 4.69) is 26.6 Å². The third-order valence-corrected chi connectivity index (χ3v) is 8.08. The zero-order chi connectivity index (χ0) is 23.3. The Bertz CT molecular complexity index is 1140. The molecule has 2 N–H and O–H groups in total. The number of alkyl halides is 1. The fraction of sp³-hybridized carbons (Fsp3) is 0.375. The second-order valence-electron chi connectivity index (χ2n) is 8.55. The van der Waals surface area contributed by atoms with E-state index in [0.717, 1.165) is 6.42 Å². The average molecular weight is 515 g/mol. The molecule has 1 saturated heterocycles. The molecule has 0 aromatic heterocycles. The van der Waals surface area contributed by atoms with Crippen LogP contribution >= 0.6 is 15.9 Å². The zero-order valence-corrected chi connectivity index (χ0v) is 19.6. The van der Waals surface area contributed by atoms with Gasteiger partial charge in [-0.25, -0.2) is 0 Å². The van der Waals surface area contributed by atoms with Crippen molar-refractivity contribution in [2.24, 2.45) is 23.7 Å². The fourth-order valence-electron chi connectivity index (χ4n) is 5.39. The first-order valence-corrected chi connectivity index (χ1v) is 11.6. The van der Waals surface area contributed by atoms with Crippen LogP contribution in [0.4, 0.5) is 11.4 Å². The lowest BCUT2D eigenvalue weighted by Crippen LogP contribution is -2.40. The van der Waals surface area contributed by atoms with Crippen molar-refractivity contribution in [3.63, 3.8) is 0 Å². The van der Waals surface area contributed by atoms with E-state index in [4.69, 9.17) is 14.2 Å². The minimum atomic E-state index is -0.438. The molecule has 0 spiro atoms. The van der Waals surface area contributed by atoms with Gasteiger partial charge in [-0.1, -0.05) is 22.0 Å². The maximum Gasteiger partial charge on any atom is 0.310 e. The number of benzene rings is 2. The van der Waals surface area contributed by atoms with Gasteiger partial charge >= 0.3 is 5.97 Å². The molecule has 8 nitrogen and oxygen atoms in total. The summed E-state index contributed by atoms with van der Waals surface area (Å²) in [5.41, 5.74) is 1.36. The monoisotopic (exact) mass is 514 g/mol. The van der Waals surface area contributed by atoms with E-state index < -0.39 is 5.92 Å². The Kier molecular flexibility index (Phi) is 5.52. The molecule has 2 aromatic carbocycles. The molecule has 6 atom stereocenters.